The Morgan fingerprint density at radius 3 is 2.89 bits per heavy atom. The molecule has 0 amide bonds. The van der Waals surface area contributed by atoms with E-state index in [1.54, 1.807) is 0 Å². The molecule has 1 aliphatic rings. The van der Waals surface area contributed by atoms with E-state index in [0.29, 0.717) is 6.10 Å². The topological polar surface area (TPSA) is 47.6 Å². The number of ether oxygens (including phenoxy) is 1. The lowest BCUT2D eigenvalue weighted by Crippen LogP contribution is -1.96. The summed E-state index contributed by atoms with van der Waals surface area (Å²) in [7, 11) is 0. The first-order valence-electron chi connectivity index (χ1n) is 6.17. The van der Waals surface area contributed by atoms with Crippen molar-refractivity contribution in [3.63, 3.8) is 0 Å². The first kappa shape index (κ1) is 13.3. The molecule has 2 N–H and O–H groups in total. The smallest absolute Gasteiger partial charge is 0.165 e. The van der Waals surface area contributed by atoms with Gasteiger partial charge in [-0.3, -0.25) is 0 Å². The molecule has 2 rings (SSSR count). The van der Waals surface area contributed by atoms with Gasteiger partial charge in [0.2, 0.25) is 0 Å². The van der Waals surface area contributed by atoms with Gasteiger partial charge < -0.3 is 10.5 Å². The van der Waals surface area contributed by atoms with Crippen LogP contribution in [0, 0.1) is 0 Å². The number of hydrogen-bond acceptors (Lipinski definition) is 3. The molecular weight excluding hydrogens is 243 g/mol. The van der Waals surface area contributed by atoms with E-state index in [9.17, 15) is 4.39 Å². The Balaban J connectivity index is 2.20. The van der Waals surface area contributed by atoms with Gasteiger partial charge in [0, 0.05) is 0 Å². The molecule has 1 aromatic rings. The monoisotopic (exact) mass is 260 g/mol. The van der Waals surface area contributed by atoms with Gasteiger partial charge in [0.15, 0.2) is 11.6 Å². The second kappa shape index (κ2) is 5.69. The Morgan fingerprint density at radius 1 is 1.53 bits per heavy atom. The fourth-order valence-electron chi connectivity index (χ4n) is 1.62. The summed E-state index contributed by atoms with van der Waals surface area (Å²) in [5.74, 6) is 0.0257. The fraction of sp³-hybridized carbons (Fsp3) is 0.267. The molecule has 0 radical (unpaired) electrons. The number of nitrogens with two attached hydrogens (primary N) is 1. The Hall–Kier alpha value is -2.10. The van der Waals surface area contributed by atoms with E-state index in [4.69, 9.17) is 10.5 Å². The number of hydrogen-bond donors (Lipinski definition) is 1. The van der Waals surface area contributed by atoms with E-state index in [1.165, 1.54) is 6.08 Å². The first-order valence-corrected chi connectivity index (χ1v) is 6.17. The molecule has 0 aliphatic heterocycles. The second-order valence-corrected chi connectivity index (χ2v) is 4.56. The summed E-state index contributed by atoms with van der Waals surface area (Å²) < 4.78 is 19.3. The molecule has 0 aromatic heterocycles. The van der Waals surface area contributed by atoms with Gasteiger partial charge in [-0.05, 0) is 55.8 Å². The Morgan fingerprint density at radius 2 is 2.26 bits per heavy atom. The van der Waals surface area contributed by atoms with Crippen LogP contribution in [-0.4, -0.2) is 12.8 Å². The third-order valence-corrected chi connectivity index (χ3v) is 2.87. The number of nitrogens with zero attached hydrogens (tertiary/aromatic N) is 1. The lowest BCUT2D eigenvalue weighted by Gasteiger charge is -2.07. The molecule has 100 valence electrons. The standard InChI is InChI=1S/C15H17FN2O/c1-10(8-14(16)15(17)18-2)11-4-3-5-13(9-11)19-12-6-7-12/h3-5,8-9,12H,2,6-7,17H2,1H3/b10-8+,15-14+. The van der Waals surface area contributed by atoms with Crippen LogP contribution in [0.1, 0.15) is 25.3 Å². The predicted octanol–water partition coefficient (Wildman–Crippen LogP) is 3.43. The highest BCUT2D eigenvalue weighted by atomic mass is 19.1. The summed E-state index contributed by atoms with van der Waals surface area (Å²) in [6.07, 6.45) is 3.91. The number of aliphatic imine (C=N–C) groups is 1. The maximum absolute atomic E-state index is 13.6. The molecule has 0 bridgehead atoms. The van der Waals surface area contributed by atoms with E-state index in [-0.39, 0.29) is 5.82 Å². The first-order chi connectivity index (χ1) is 9.10. The van der Waals surface area contributed by atoms with Crippen LogP contribution < -0.4 is 10.5 Å². The normalized spacial score (nSPS) is 16.8. The number of benzene rings is 1. The molecule has 19 heavy (non-hydrogen) atoms. The van der Waals surface area contributed by atoms with Crippen molar-refractivity contribution in [3.8, 4) is 5.75 Å². The molecule has 0 spiro atoms. The highest BCUT2D eigenvalue weighted by Gasteiger charge is 2.23. The van der Waals surface area contributed by atoms with Crippen molar-refractivity contribution in [1.82, 2.24) is 0 Å². The van der Waals surface area contributed by atoms with E-state index < -0.39 is 5.83 Å². The summed E-state index contributed by atoms with van der Waals surface area (Å²) in [5.41, 5.74) is 7.00. The molecule has 4 heteroatoms. The van der Waals surface area contributed by atoms with Gasteiger partial charge in [0.05, 0.1) is 6.10 Å². The molecule has 3 nitrogen and oxygen atoms in total. The summed E-state index contributed by atoms with van der Waals surface area (Å²) in [5, 5.41) is 0. The Kier molecular flexibility index (Phi) is 4.00. The minimum atomic E-state index is -0.582. The Labute approximate surface area is 112 Å². The van der Waals surface area contributed by atoms with Crippen molar-refractivity contribution in [3.05, 3.63) is 47.6 Å². The zero-order valence-corrected chi connectivity index (χ0v) is 10.9. The zero-order chi connectivity index (χ0) is 13.8. The maximum Gasteiger partial charge on any atom is 0.165 e. The summed E-state index contributed by atoms with van der Waals surface area (Å²) in [6.45, 7) is 5.00. The molecule has 0 saturated heterocycles. The van der Waals surface area contributed by atoms with Crippen molar-refractivity contribution >= 4 is 12.3 Å². The van der Waals surface area contributed by atoms with E-state index in [1.807, 2.05) is 31.2 Å². The van der Waals surface area contributed by atoms with Crippen LogP contribution in [0.3, 0.4) is 0 Å². The largest absolute Gasteiger partial charge is 0.490 e. The quantitative estimate of drug-likeness (QED) is 0.651. The third kappa shape index (κ3) is 3.68. The van der Waals surface area contributed by atoms with Crippen molar-refractivity contribution in [2.24, 2.45) is 10.7 Å². The molecule has 1 aliphatic carbocycles. The van der Waals surface area contributed by atoms with Crippen LogP contribution in [0.5, 0.6) is 5.75 Å². The van der Waals surface area contributed by atoms with E-state index in [0.717, 1.165) is 29.7 Å². The predicted molar refractivity (Wildman–Crippen MR) is 75.6 cm³/mol. The number of rotatable bonds is 5. The third-order valence-electron chi connectivity index (χ3n) is 2.87. The van der Waals surface area contributed by atoms with E-state index in [2.05, 4.69) is 11.7 Å². The van der Waals surface area contributed by atoms with Gasteiger partial charge in [-0.25, -0.2) is 9.38 Å². The highest BCUT2D eigenvalue weighted by molar-refractivity contribution is 5.67. The minimum absolute atomic E-state index is 0.204. The SMILES string of the molecule is C=N/C(N)=C(F)\C=C(/C)c1cccc(OC2CC2)c1. The van der Waals surface area contributed by atoms with Crippen LogP contribution in [-0.2, 0) is 0 Å². The lowest BCUT2D eigenvalue weighted by molar-refractivity contribution is 0.303. The van der Waals surface area contributed by atoms with Crippen LogP contribution in [0.25, 0.3) is 5.57 Å². The van der Waals surface area contributed by atoms with Crippen LogP contribution in [0.2, 0.25) is 0 Å². The molecule has 1 saturated carbocycles. The van der Waals surface area contributed by atoms with Crippen molar-refractivity contribution < 1.29 is 9.13 Å². The lowest BCUT2D eigenvalue weighted by atomic mass is 10.1. The number of halogens is 1. The molecule has 1 aromatic carbocycles. The molecule has 0 unspecified atom stereocenters. The van der Waals surface area contributed by atoms with Gasteiger partial charge in [0.1, 0.15) is 5.75 Å². The van der Waals surface area contributed by atoms with Crippen LogP contribution in [0.15, 0.2) is 47.0 Å². The minimum Gasteiger partial charge on any atom is -0.490 e. The molecule has 0 heterocycles. The van der Waals surface area contributed by atoms with Gasteiger partial charge in [-0.2, -0.15) is 0 Å². The van der Waals surface area contributed by atoms with Gasteiger partial charge >= 0.3 is 0 Å². The zero-order valence-electron chi connectivity index (χ0n) is 10.9. The number of allylic oxidation sites excluding steroid dienone is 3. The summed E-state index contributed by atoms with van der Waals surface area (Å²) >= 11 is 0. The second-order valence-electron chi connectivity index (χ2n) is 4.56. The van der Waals surface area contributed by atoms with Crippen molar-refractivity contribution in [2.75, 3.05) is 0 Å². The highest BCUT2D eigenvalue weighted by Crippen LogP contribution is 2.28. The van der Waals surface area contributed by atoms with Crippen LogP contribution in [0.4, 0.5) is 4.39 Å². The summed E-state index contributed by atoms with van der Waals surface area (Å²) in [4.78, 5) is 3.36. The fourth-order valence-corrected chi connectivity index (χ4v) is 1.62. The maximum atomic E-state index is 13.6. The molecule has 1 fully saturated rings. The Bertz CT molecular complexity index is 545. The van der Waals surface area contributed by atoms with Crippen molar-refractivity contribution in [1.29, 1.82) is 0 Å². The average molecular weight is 260 g/mol. The van der Waals surface area contributed by atoms with E-state index >= 15 is 0 Å². The van der Waals surface area contributed by atoms with Gasteiger partial charge in [-0.1, -0.05) is 12.1 Å². The summed E-state index contributed by atoms with van der Waals surface area (Å²) in [6, 6.07) is 7.59. The molecular formula is C15H17FN2O. The van der Waals surface area contributed by atoms with Gasteiger partial charge in [-0.15, -0.1) is 0 Å². The molecule has 0 atom stereocenters. The van der Waals surface area contributed by atoms with Crippen molar-refractivity contribution in [2.45, 2.75) is 25.9 Å². The van der Waals surface area contributed by atoms with Gasteiger partial charge in [0.25, 0.3) is 0 Å². The average Bonchev–Trinajstić information content (AvgIpc) is 3.21. The van der Waals surface area contributed by atoms with Crippen LogP contribution >= 0.6 is 0 Å².